The summed E-state index contributed by atoms with van der Waals surface area (Å²) in [6.07, 6.45) is 28.6. The first kappa shape index (κ1) is 22.6. The van der Waals surface area contributed by atoms with E-state index in [0.29, 0.717) is 0 Å². The highest BCUT2D eigenvalue weighted by Gasteiger charge is 1.93. The van der Waals surface area contributed by atoms with E-state index in [1.165, 1.54) is 89.9 Å². The van der Waals surface area contributed by atoms with Crippen molar-refractivity contribution in [2.45, 2.75) is 103 Å². The fourth-order valence-corrected chi connectivity index (χ4v) is 3.16. The minimum atomic E-state index is 0.911. The van der Waals surface area contributed by atoms with Crippen molar-refractivity contribution in [3.05, 3.63) is 42.4 Å². The van der Waals surface area contributed by atoms with E-state index in [2.05, 4.69) is 23.0 Å². The number of allylic oxidation sites excluding steroid dienone is 1. The second-order valence-corrected chi connectivity index (χ2v) is 7.30. The van der Waals surface area contributed by atoms with Gasteiger partial charge in [0.1, 0.15) is 0 Å². The first-order valence-corrected chi connectivity index (χ1v) is 11.0. The molecule has 0 aromatic carbocycles. The number of hydrogen-bond donors (Lipinski definition) is 0. The van der Waals surface area contributed by atoms with Gasteiger partial charge in [0.25, 0.3) is 0 Å². The lowest BCUT2D eigenvalue weighted by atomic mass is 10.0. The van der Waals surface area contributed by atoms with Gasteiger partial charge in [-0.2, -0.15) is 0 Å². The van der Waals surface area contributed by atoms with Gasteiger partial charge in [0.05, 0.1) is 11.9 Å². The van der Waals surface area contributed by atoms with Gasteiger partial charge in [-0.05, 0) is 25.0 Å². The van der Waals surface area contributed by atoms with E-state index in [4.69, 9.17) is 0 Å². The summed E-state index contributed by atoms with van der Waals surface area (Å²) in [7, 11) is 0. The molecule has 0 aliphatic heterocycles. The maximum absolute atomic E-state index is 4.28. The van der Waals surface area contributed by atoms with Crippen LogP contribution in [0.25, 0.3) is 0 Å². The fourth-order valence-electron chi connectivity index (χ4n) is 3.16. The van der Waals surface area contributed by atoms with Gasteiger partial charge in [-0.15, -0.1) is 0 Å². The topological polar surface area (TPSA) is 25.2 Å². The summed E-state index contributed by atoms with van der Waals surface area (Å²) in [4.78, 5) is 8.49. The number of hydrogen-bond acceptors (Lipinski definition) is 2. The Morgan fingerprint density at radius 1 is 0.769 bits per heavy atom. The predicted octanol–water partition coefficient (Wildman–Crippen LogP) is 7.89. The predicted molar refractivity (Wildman–Crippen MR) is 116 cm³/mol. The van der Waals surface area contributed by atoms with Crippen molar-refractivity contribution in [2.24, 2.45) is 4.99 Å². The van der Waals surface area contributed by atoms with Crippen LogP contribution < -0.4 is 0 Å². The van der Waals surface area contributed by atoms with Crippen LogP contribution in [0.1, 0.15) is 109 Å². The third kappa shape index (κ3) is 14.9. The minimum Gasteiger partial charge on any atom is -0.263 e. The Morgan fingerprint density at radius 2 is 1.35 bits per heavy atom. The van der Waals surface area contributed by atoms with Gasteiger partial charge in [-0.1, -0.05) is 103 Å². The Kier molecular flexibility index (Phi) is 16.0. The lowest BCUT2D eigenvalue weighted by molar-refractivity contribution is 0.536. The number of unbranched alkanes of at least 4 members (excludes halogenated alkanes) is 14. The number of aliphatic imine (C=N–C) groups is 1. The van der Waals surface area contributed by atoms with Gasteiger partial charge in [-0.3, -0.25) is 9.98 Å². The van der Waals surface area contributed by atoms with Crippen molar-refractivity contribution >= 4 is 6.21 Å². The standard InChI is InChI=1S/C24H40N2/c1-2-3-4-5-6-7-8-9-10-11-12-13-14-15-16-18-21-25-23-24-20-17-19-22-26-24/h17-23H,2-16H2,1H3. The maximum Gasteiger partial charge on any atom is 0.0812 e. The van der Waals surface area contributed by atoms with Crippen molar-refractivity contribution in [3.8, 4) is 0 Å². The fraction of sp³-hybridized carbons (Fsp3) is 0.667. The summed E-state index contributed by atoms with van der Waals surface area (Å²) in [5.41, 5.74) is 0.911. The van der Waals surface area contributed by atoms with Crippen molar-refractivity contribution in [3.63, 3.8) is 0 Å². The van der Waals surface area contributed by atoms with E-state index in [1.54, 1.807) is 6.20 Å². The summed E-state index contributed by atoms with van der Waals surface area (Å²) in [6, 6.07) is 5.86. The molecule has 0 fully saturated rings. The molecule has 0 unspecified atom stereocenters. The molecule has 0 aliphatic rings. The molecule has 0 radical (unpaired) electrons. The molecular formula is C24H40N2. The number of aromatic nitrogens is 1. The van der Waals surface area contributed by atoms with Crippen LogP contribution in [0, 0.1) is 0 Å². The SMILES string of the molecule is CCCCCCCCCCCCCCCCC=CN=Cc1ccccn1. The zero-order valence-corrected chi connectivity index (χ0v) is 17.0. The number of rotatable bonds is 17. The molecule has 1 heterocycles. The summed E-state index contributed by atoms with van der Waals surface area (Å²) in [6.45, 7) is 2.29. The molecule has 0 bridgehead atoms. The molecule has 1 aromatic rings. The van der Waals surface area contributed by atoms with Crippen LogP contribution in [0.15, 0.2) is 41.7 Å². The Balaban J connectivity index is 1.78. The molecule has 146 valence electrons. The smallest absolute Gasteiger partial charge is 0.0812 e. The lowest BCUT2D eigenvalue weighted by Crippen LogP contribution is -1.83. The minimum absolute atomic E-state index is 0.911. The molecule has 0 atom stereocenters. The normalized spacial score (nSPS) is 11.7. The summed E-state index contributed by atoms with van der Waals surface area (Å²) in [5, 5.41) is 0. The molecule has 0 aliphatic carbocycles. The van der Waals surface area contributed by atoms with E-state index in [-0.39, 0.29) is 0 Å². The highest BCUT2D eigenvalue weighted by atomic mass is 14.7. The van der Waals surface area contributed by atoms with Crippen molar-refractivity contribution in [1.29, 1.82) is 0 Å². The third-order valence-corrected chi connectivity index (χ3v) is 4.81. The second kappa shape index (κ2) is 18.4. The molecule has 0 saturated carbocycles. The van der Waals surface area contributed by atoms with Crippen LogP contribution in [0.2, 0.25) is 0 Å². The molecule has 1 aromatic heterocycles. The van der Waals surface area contributed by atoms with E-state index in [1.807, 2.05) is 30.6 Å². The Labute approximate surface area is 162 Å². The van der Waals surface area contributed by atoms with Gasteiger partial charge in [-0.25, -0.2) is 0 Å². The molecule has 0 saturated heterocycles. The summed E-state index contributed by atoms with van der Waals surface area (Å²) < 4.78 is 0. The quantitative estimate of drug-likeness (QED) is 0.206. The molecule has 2 heteroatoms. The van der Waals surface area contributed by atoms with Crippen molar-refractivity contribution < 1.29 is 0 Å². The number of pyridine rings is 1. The van der Waals surface area contributed by atoms with Crippen LogP contribution in [0.5, 0.6) is 0 Å². The zero-order valence-electron chi connectivity index (χ0n) is 17.0. The first-order chi connectivity index (χ1) is 12.9. The van der Waals surface area contributed by atoms with Gasteiger partial charge in [0.15, 0.2) is 0 Å². The van der Waals surface area contributed by atoms with Gasteiger partial charge in [0.2, 0.25) is 0 Å². The van der Waals surface area contributed by atoms with E-state index in [9.17, 15) is 0 Å². The maximum atomic E-state index is 4.28. The monoisotopic (exact) mass is 356 g/mol. The third-order valence-electron chi connectivity index (χ3n) is 4.81. The highest BCUT2D eigenvalue weighted by molar-refractivity contribution is 5.77. The zero-order chi connectivity index (χ0) is 18.5. The molecule has 0 N–H and O–H groups in total. The molecule has 1 rings (SSSR count). The van der Waals surface area contributed by atoms with E-state index >= 15 is 0 Å². The van der Waals surface area contributed by atoms with Gasteiger partial charge < -0.3 is 0 Å². The molecular weight excluding hydrogens is 316 g/mol. The molecule has 2 nitrogen and oxygen atoms in total. The summed E-state index contributed by atoms with van der Waals surface area (Å²) >= 11 is 0. The summed E-state index contributed by atoms with van der Waals surface area (Å²) in [5.74, 6) is 0. The lowest BCUT2D eigenvalue weighted by Gasteiger charge is -2.02. The Morgan fingerprint density at radius 3 is 1.88 bits per heavy atom. The Bertz CT molecular complexity index is 451. The number of nitrogens with zero attached hydrogens (tertiary/aromatic N) is 2. The molecule has 0 amide bonds. The average Bonchev–Trinajstić information content (AvgIpc) is 2.68. The van der Waals surface area contributed by atoms with Gasteiger partial charge in [0, 0.05) is 12.4 Å². The highest BCUT2D eigenvalue weighted by Crippen LogP contribution is 2.13. The second-order valence-electron chi connectivity index (χ2n) is 7.30. The van der Waals surface area contributed by atoms with E-state index in [0.717, 1.165) is 12.1 Å². The molecule has 26 heavy (non-hydrogen) atoms. The van der Waals surface area contributed by atoms with Crippen LogP contribution >= 0.6 is 0 Å². The van der Waals surface area contributed by atoms with Gasteiger partial charge >= 0.3 is 0 Å². The van der Waals surface area contributed by atoms with Crippen molar-refractivity contribution in [1.82, 2.24) is 4.98 Å². The average molecular weight is 357 g/mol. The largest absolute Gasteiger partial charge is 0.263 e. The van der Waals surface area contributed by atoms with Crippen LogP contribution in [-0.2, 0) is 0 Å². The van der Waals surface area contributed by atoms with Crippen LogP contribution in [0.3, 0.4) is 0 Å². The van der Waals surface area contributed by atoms with Crippen LogP contribution in [-0.4, -0.2) is 11.2 Å². The van der Waals surface area contributed by atoms with Crippen LogP contribution in [0.4, 0.5) is 0 Å². The Hall–Kier alpha value is -1.44. The first-order valence-electron chi connectivity index (χ1n) is 11.0. The van der Waals surface area contributed by atoms with Crippen molar-refractivity contribution in [2.75, 3.05) is 0 Å². The van der Waals surface area contributed by atoms with E-state index < -0.39 is 0 Å². The molecule has 0 spiro atoms.